The van der Waals surface area contributed by atoms with Crippen LogP contribution < -0.4 is 11.1 Å². The molecule has 0 aromatic carbocycles. The molecule has 0 saturated heterocycles. The second kappa shape index (κ2) is 5.72. The van der Waals surface area contributed by atoms with Gasteiger partial charge in [0.25, 0.3) is 0 Å². The lowest BCUT2D eigenvalue weighted by atomic mass is 10.2. The van der Waals surface area contributed by atoms with Crippen LogP contribution in [0.3, 0.4) is 0 Å². The normalized spacial score (nSPS) is 12.7. The Morgan fingerprint density at radius 2 is 2.53 bits per heavy atom. The summed E-state index contributed by atoms with van der Waals surface area (Å²) in [4.78, 5) is 11.1. The highest BCUT2D eigenvalue weighted by atomic mass is 35.5. The van der Waals surface area contributed by atoms with E-state index in [4.69, 9.17) is 17.3 Å². The van der Waals surface area contributed by atoms with Gasteiger partial charge in [-0.1, -0.05) is 18.5 Å². The number of amides is 1. The summed E-state index contributed by atoms with van der Waals surface area (Å²) in [5.41, 5.74) is 5.26. The quantitative estimate of drug-likeness (QED) is 0.743. The second-order valence-corrected chi connectivity index (χ2v) is 3.73. The third kappa shape index (κ3) is 3.89. The van der Waals surface area contributed by atoms with Gasteiger partial charge >= 0.3 is 0 Å². The molecule has 0 aliphatic rings. The molecule has 0 aliphatic carbocycles. The molecule has 3 N–H and O–H groups in total. The summed E-state index contributed by atoms with van der Waals surface area (Å²) in [5, 5.41) is 7.58. The Morgan fingerprint density at radius 3 is 3.00 bits per heavy atom. The van der Waals surface area contributed by atoms with Crippen LogP contribution in [0.25, 0.3) is 0 Å². The summed E-state index contributed by atoms with van der Waals surface area (Å²) in [7, 11) is 0. The van der Waals surface area contributed by atoms with Crippen LogP contribution in [0.5, 0.6) is 0 Å². The molecule has 1 rings (SSSR count). The molecule has 0 spiro atoms. The highest BCUT2D eigenvalue weighted by molar-refractivity contribution is 6.30. The third-order valence-corrected chi connectivity index (χ3v) is 2.15. The van der Waals surface area contributed by atoms with E-state index in [2.05, 4.69) is 10.4 Å². The standard InChI is InChI=1S/C9H15ClN4O/c1-2-3-12-8(9(11)15)6-14-5-7(10)4-13-14/h4-5,8,12H,2-3,6H2,1H3,(H2,11,15). The zero-order chi connectivity index (χ0) is 11.3. The number of halogens is 1. The molecule has 0 radical (unpaired) electrons. The van der Waals surface area contributed by atoms with Gasteiger partial charge in [-0.05, 0) is 13.0 Å². The first kappa shape index (κ1) is 12.0. The number of nitrogens with one attached hydrogen (secondary N) is 1. The topological polar surface area (TPSA) is 72.9 Å². The largest absolute Gasteiger partial charge is 0.368 e. The molecular formula is C9H15ClN4O. The number of hydrogen-bond donors (Lipinski definition) is 2. The maximum absolute atomic E-state index is 11.1. The number of aromatic nitrogens is 2. The summed E-state index contributed by atoms with van der Waals surface area (Å²) in [5.74, 6) is -0.380. The fourth-order valence-corrected chi connectivity index (χ4v) is 1.36. The first-order valence-corrected chi connectivity index (χ1v) is 5.22. The van der Waals surface area contributed by atoms with E-state index in [-0.39, 0.29) is 5.91 Å². The molecule has 84 valence electrons. The van der Waals surface area contributed by atoms with E-state index in [0.29, 0.717) is 11.6 Å². The predicted molar refractivity (Wildman–Crippen MR) is 58.5 cm³/mol. The van der Waals surface area contributed by atoms with Gasteiger partial charge < -0.3 is 11.1 Å². The fourth-order valence-electron chi connectivity index (χ4n) is 1.20. The number of hydrogen-bond acceptors (Lipinski definition) is 3. The van der Waals surface area contributed by atoms with Crippen LogP contribution in [0.15, 0.2) is 12.4 Å². The van der Waals surface area contributed by atoms with Crippen molar-refractivity contribution in [1.82, 2.24) is 15.1 Å². The molecule has 15 heavy (non-hydrogen) atoms. The molecule has 1 atom stereocenters. The van der Waals surface area contributed by atoms with Crippen molar-refractivity contribution in [3.8, 4) is 0 Å². The van der Waals surface area contributed by atoms with Crippen molar-refractivity contribution in [2.75, 3.05) is 6.54 Å². The van der Waals surface area contributed by atoms with E-state index >= 15 is 0 Å². The molecule has 5 nitrogen and oxygen atoms in total. The highest BCUT2D eigenvalue weighted by Gasteiger charge is 2.14. The van der Waals surface area contributed by atoms with Crippen LogP contribution in [0.1, 0.15) is 13.3 Å². The van der Waals surface area contributed by atoms with Gasteiger partial charge in [0.15, 0.2) is 0 Å². The lowest BCUT2D eigenvalue weighted by Gasteiger charge is -2.14. The van der Waals surface area contributed by atoms with Crippen molar-refractivity contribution in [3.63, 3.8) is 0 Å². The van der Waals surface area contributed by atoms with Gasteiger partial charge in [0.2, 0.25) is 5.91 Å². The molecule has 0 bridgehead atoms. The number of carbonyl (C=O) groups is 1. The molecule has 1 aromatic heterocycles. The van der Waals surface area contributed by atoms with Gasteiger partial charge in [0.1, 0.15) is 6.04 Å². The maximum atomic E-state index is 11.1. The molecule has 0 aliphatic heterocycles. The molecule has 0 fully saturated rings. The minimum absolute atomic E-state index is 0.380. The summed E-state index contributed by atoms with van der Waals surface area (Å²) in [6.07, 6.45) is 4.13. The smallest absolute Gasteiger partial charge is 0.236 e. The van der Waals surface area contributed by atoms with Crippen molar-refractivity contribution in [2.45, 2.75) is 25.9 Å². The molecule has 1 heterocycles. The van der Waals surface area contributed by atoms with Gasteiger partial charge in [-0.15, -0.1) is 0 Å². The van der Waals surface area contributed by atoms with Crippen LogP contribution in [0.2, 0.25) is 5.02 Å². The SMILES string of the molecule is CCCNC(Cn1cc(Cl)cn1)C(N)=O. The summed E-state index contributed by atoms with van der Waals surface area (Å²) in [6.45, 7) is 3.18. The Morgan fingerprint density at radius 1 is 1.80 bits per heavy atom. The summed E-state index contributed by atoms with van der Waals surface area (Å²) >= 11 is 5.71. The minimum atomic E-state index is -0.402. The van der Waals surface area contributed by atoms with Crippen LogP contribution >= 0.6 is 11.6 Å². The Kier molecular flexibility index (Phi) is 4.58. The highest BCUT2D eigenvalue weighted by Crippen LogP contribution is 2.05. The minimum Gasteiger partial charge on any atom is -0.368 e. The Hall–Kier alpha value is -1.07. The first-order chi connectivity index (χ1) is 7.13. The van der Waals surface area contributed by atoms with Crippen molar-refractivity contribution >= 4 is 17.5 Å². The molecule has 1 aromatic rings. The van der Waals surface area contributed by atoms with E-state index in [9.17, 15) is 4.79 Å². The van der Waals surface area contributed by atoms with Gasteiger partial charge in [0.05, 0.1) is 17.8 Å². The monoisotopic (exact) mass is 230 g/mol. The summed E-state index contributed by atoms with van der Waals surface area (Å²) < 4.78 is 1.60. The average molecular weight is 231 g/mol. The van der Waals surface area contributed by atoms with Gasteiger partial charge in [-0.25, -0.2) is 0 Å². The summed E-state index contributed by atoms with van der Waals surface area (Å²) in [6, 6.07) is -0.402. The zero-order valence-electron chi connectivity index (χ0n) is 8.61. The Bertz CT molecular complexity index is 326. The molecule has 1 unspecified atom stereocenters. The van der Waals surface area contributed by atoms with Crippen LogP contribution in [0, 0.1) is 0 Å². The van der Waals surface area contributed by atoms with Crippen molar-refractivity contribution in [2.24, 2.45) is 5.73 Å². The predicted octanol–water partition coefficient (Wildman–Crippen LogP) is 0.390. The van der Waals surface area contributed by atoms with Crippen LogP contribution in [-0.4, -0.2) is 28.3 Å². The van der Waals surface area contributed by atoms with E-state index in [1.165, 1.54) is 6.20 Å². The number of primary amides is 1. The van der Waals surface area contributed by atoms with Crippen LogP contribution in [0.4, 0.5) is 0 Å². The zero-order valence-corrected chi connectivity index (χ0v) is 9.37. The average Bonchev–Trinajstić information content (AvgIpc) is 2.58. The Balaban J connectivity index is 2.54. The van der Waals surface area contributed by atoms with E-state index in [1.807, 2.05) is 6.92 Å². The van der Waals surface area contributed by atoms with Gasteiger partial charge in [-0.2, -0.15) is 5.10 Å². The number of nitrogens with two attached hydrogens (primary N) is 1. The number of rotatable bonds is 6. The van der Waals surface area contributed by atoms with E-state index in [0.717, 1.165) is 13.0 Å². The van der Waals surface area contributed by atoms with Gasteiger partial charge in [0, 0.05) is 6.20 Å². The Labute approximate surface area is 93.6 Å². The van der Waals surface area contributed by atoms with E-state index in [1.54, 1.807) is 10.9 Å². The lowest BCUT2D eigenvalue weighted by molar-refractivity contribution is -0.120. The number of nitrogens with zero attached hydrogens (tertiary/aromatic N) is 2. The van der Waals surface area contributed by atoms with E-state index < -0.39 is 6.04 Å². The van der Waals surface area contributed by atoms with Crippen molar-refractivity contribution in [1.29, 1.82) is 0 Å². The molecule has 6 heteroatoms. The third-order valence-electron chi connectivity index (χ3n) is 1.96. The van der Waals surface area contributed by atoms with Crippen molar-refractivity contribution in [3.05, 3.63) is 17.4 Å². The molecule has 0 saturated carbocycles. The fraction of sp³-hybridized carbons (Fsp3) is 0.556. The maximum Gasteiger partial charge on any atom is 0.236 e. The van der Waals surface area contributed by atoms with Crippen molar-refractivity contribution < 1.29 is 4.79 Å². The van der Waals surface area contributed by atoms with Gasteiger partial charge in [-0.3, -0.25) is 9.48 Å². The first-order valence-electron chi connectivity index (χ1n) is 4.84. The van der Waals surface area contributed by atoms with Crippen LogP contribution in [-0.2, 0) is 11.3 Å². The number of carbonyl (C=O) groups excluding carboxylic acids is 1. The lowest BCUT2D eigenvalue weighted by Crippen LogP contribution is -2.44. The molecular weight excluding hydrogens is 216 g/mol. The molecule has 1 amide bonds. The second-order valence-electron chi connectivity index (χ2n) is 3.29.